The first-order valence-corrected chi connectivity index (χ1v) is 13.6. The van der Waals surface area contributed by atoms with Gasteiger partial charge in [-0.05, 0) is 55.7 Å². The van der Waals surface area contributed by atoms with E-state index in [4.69, 9.17) is 9.26 Å². The number of likely N-dealkylation sites (tertiary alicyclic amines) is 1. The van der Waals surface area contributed by atoms with Crippen molar-refractivity contribution in [3.63, 3.8) is 0 Å². The van der Waals surface area contributed by atoms with Crippen molar-refractivity contribution in [3.05, 3.63) is 63.7 Å². The minimum absolute atomic E-state index is 0.00642. The molecule has 0 bridgehead atoms. The Kier molecular flexibility index (Phi) is 6.84. The van der Waals surface area contributed by atoms with Crippen LogP contribution in [0.1, 0.15) is 41.8 Å². The molecule has 36 heavy (non-hydrogen) atoms. The number of benzene rings is 2. The maximum Gasteiger partial charge on any atom is 0.346 e. The largest absolute Gasteiger partial charge is 0.450 e. The molecule has 11 nitrogen and oxygen atoms in total. The van der Waals surface area contributed by atoms with Crippen LogP contribution in [0, 0.1) is 10.1 Å². The third-order valence-electron chi connectivity index (χ3n) is 6.57. The van der Waals surface area contributed by atoms with E-state index in [2.05, 4.69) is 0 Å². The molecular formula is C24H29N4O7P. The molecule has 1 unspecified atom stereocenters. The summed E-state index contributed by atoms with van der Waals surface area (Å²) in [5, 5.41) is 21.4. The monoisotopic (exact) mass is 516 g/mol. The molecule has 0 aliphatic carbocycles. The number of carbonyl (C=O) groups is 1. The van der Waals surface area contributed by atoms with Crippen molar-refractivity contribution in [1.82, 2.24) is 14.2 Å². The maximum atomic E-state index is 13.4. The Hall–Kier alpha value is -2.82. The molecule has 1 amide bonds. The van der Waals surface area contributed by atoms with E-state index in [0.717, 1.165) is 26.2 Å². The molecule has 1 atom stereocenters. The molecule has 0 spiro atoms. The number of piperidine rings is 1. The highest BCUT2D eigenvalue weighted by Crippen LogP contribution is 2.63. The molecule has 3 saturated heterocycles. The number of amides is 1. The second kappa shape index (κ2) is 9.91. The highest BCUT2D eigenvalue weighted by Gasteiger charge is 2.50. The Labute approximate surface area is 208 Å². The Bertz CT molecular complexity index is 1190. The quantitative estimate of drug-likeness (QED) is 0.229. The van der Waals surface area contributed by atoms with Gasteiger partial charge in [0.15, 0.2) is 0 Å². The lowest BCUT2D eigenvalue weighted by atomic mass is 10.1. The fraction of sp³-hybridized carbons (Fsp3) is 0.458. The second-order valence-corrected chi connectivity index (χ2v) is 11.6. The Morgan fingerprint density at radius 2 is 1.75 bits per heavy atom. The lowest BCUT2D eigenvalue weighted by molar-refractivity contribution is -0.385. The smallest absolute Gasteiger partial charge is 0.346 e. The van der Waals surface area contributed by atoms with Gasteiger partial charge in [-0.2, -0.15) is 0 Å². The van der Waals surface area contributed by atoms with E-state index in [1.54, 1.807) is 42.2 Å². The molecule has 12 heteroatoms. The molecule has 2 aromatic rings. The molecule has 3 heterocycles. The molecule has 0 aromatic heterocycles. The predicted octanol–water partition coefficient (Wildman–Crippen LogP) is 3.80. The summed E-state index contributed by atoms with van der Waals surface area (Å²) in [6, 6.07) is 11.0. The van der Waals surface area contributed by atoms with Gasteiger partial charge in [-0.1, -0.05) is 6.07 Å². The van der Waals surface area contributed by atoms with Gasteiger partial charge >= 0.3 is 13.4 Å². The summed E-state index contributed by atoms with van der Waals surface area (Å²) in [6.07, 6.45) is 0.0927. The summed E-state index contributed by atoms with van der Waals surface area (Å²) in [6.45, 7) is 5.60. The minimum atomic E-state index is -3.08. The van der Waals surface area contributed by atoms with E-state index in [-0.39, 0.29) is 29.2 Å². The van der Waals surface area contributed by atoms with Gasteiger partial charge in [-0.25, -0.2) is 9.34 Å². The van der Waals surface area contributed by atoms with E-state index >= 15 is 0 Å². The van der Waals surface area contributed by atoms with Crippen LogP contribution in [0.25, 0.3) is 0 Å². The normalized spacial score (nSPS) is 19.7. The van der Waals surface area contributed by atoms with Gasteiger partial charge in [0.1, 0.15) is 5.75 Å². The molecule has 3 aliphatic heterocycles. The van der Waals surface area contributed by atoms with Gasteiger partial charge in [0, 0.05) is 50.9 Å². The molecule has 0 saturated carbocycles. The van der Waals surface area contributed by atoms with Crippen molar-refractivity contribution in [2.45, 2.75) is 32.0 Å². The van der Waals surface area contributed by atoms with E-state index in [0.29, 0.717) is 37.1 Å². The highest BCUT2D eigenvalue weighted by atomic mass is 31.2. The standard InChI is InChI=1S/C24H29N4O7P/c1-17(35-36(33,26-11-12-26)27-13-14-27)18-5-6-22(28(31)32)23(16-18)34-21-4-2-3-19(15-21)24(30)25-9-7-20(29)8-10-25/h2-6,15-17,20,29H,7-14H2,1H3. The fourth-order valence-electron chi connectivity index (χ4n) is 4.26. The van der Waals surface area contributed by atoms with Crippen molar-refractivity contribution in [2.24, 2.45) is 0 Å². The van der Waals surface area contributed by atoms with Crippen LogP contribution in [-0.2, 0) is 9.09 Å². The van der Waals surface area contributed by atoms with Gasteiger partial charge < -0.3 is 14.7 Å². The number of aliphatic hydroxyl groups excluding tert-OH is 1. The predicted molar refractivity (Wildman–Crippen MR) is 131 cm³/mol. The zero-order chi connectivity index (χ0) is 25.4. The second-order valence-electron chi connectivity index (χ2n) is 9.28. The van der Waals surface area contributed by atoms with Gasteiger partial charge in [0.05, 0.1) is 17.1 Å². The van der Waals surface area contributed by atoms with Crippen LogP contribution >= 0.6 is 7.67 Å². The number of hydrogen-bond acceptors (Lipinski definition) is 7. The topological polar surface area (TPSA) is 125 Å². The summed E-state index contributed by atoms with van der Waals surface area (Å²) in [5.41, 5.74) is 0.767. The Balaban J connectivity index is 1.36. The summed E-state index contributed by atoms with van der Waals surface area (Å²) >= 11 is 0. The van der Waals surface area contributed by atoms with Crippen LogP contribution in [0.5, 0.6) is 11.5 Å². The molecule has 1 N–H and O–H groups in total. The first-order chi connectivity index (χ1) is 17.2. The minimum Gasteiger partial charge on any atom is -0.450 e. The van der Waals surface area contributed by atoms with E-state index < -0.39 is 18.7 Å². The van der Waals surface area contributed by atoms with Crippen molar-refractivity contribution < 1.29 is 28.7 Å². The SMILES string of the molecule is CC(OP(=O)(N1CC1)N1CC1)c1ccc([N+](=O)[O-])c(Oc2cccc(C(=O)N3CCC(O)CC3)c2)c1. The molecule has 0 radical (unpaired) electrons. The summed E-state index contributed by atoms with van der Waals surface area (Å²) in [4.78, 5) is 25.7. The highest BCUT2D eigenvalue weighted by molar-refractivity contribution is 7.54. The van der Waals surface area contributed by atoms with Crippen molar-refractivity contribution in [2.75, 3.05) is 39.3 Å². The molecule has 192 valence electrons. The van der Waals surface area contributed by atoms with Gasteiger partial charge in [-0.3, -0.25) is 24.0 Å². The number of carbonyl (C=O) groups excluding carboxylic acids is 1. The molecule has 3 fully saturated rings. The van der Waals surface area contributed by atoms with Gasteiger partial charge in [0.2, 0.25) is 5.75 Å². The van der Waals surface area contributed by atoms with E-state index in [9.17, 15) is 24.6 Å². The summed E-state index contributed by atoms with van der Waals surface area (Å²) in [7, 11) is -3.08. The lowest BCUT2D eigenvalue weighted by Crippen LogP contribution is -2.40. The zero-order valence-corrected chi connectivity index (χ0v) is 20.9. The summed E-state index contributed by atoms with van der Waals surface area (Å²) in [5.74, 6) is 0.107. The van der Waals surface area contributed by atoms with Crippen molar-refractivity contribution in [1.29, 1.82) is 0 Å². The number of hydrogen-bond donors (Lipinski definition) is 1. The maximum absolute atomic E-state index is 13.4. The first kappa shape index (κ1) is 24.9. The van der Waals surface area contributed by atoms with Crippen LogP contribution in [-0.4, -0.2) is 75.6 Å². The number of aliphatic hydroxyl groups is 1. The van der Waals surface area contributed by atoms with Crippen LogP contribution in [0.2, 0.25) is 0 Å². The number of ether oxygens (including phenoxy) is 1. The van der Waals surface area contributed by atoms with Crippen molar-refractivity contribution in [3.8, 4) is 11.5 Å². The van der Waals surface area contributed by atoms with Crippen LogP contribution in [0.4, 0.5) is 5.69 Å². The van der Waals surface area contributed by atoms with Crippen LogP contribution in [0.3, 0.4) is 0 Å². The molecule has 5 rings (SSSR count). The van der Waals surface area contributed by atoms with Crippen LogP contribution in [0.15, 0.2) is 42.5 Å². The molecule has 2 aromatic carbocycles. The lowest BCUT2D eigenvalue weighted by Gasteiger charge is -2.29. The third kappa shape index (κ3) is 5.30. The van der Waals surface area contributed by atoms with E-state index in [1.165, 1.54) is 12.1 Å². The number of nitro groups is 1. The number of nitro benzene ring substituents is 1. The third-order valence-corrected chi connectivity index (χ3v) is 9.39. The average Bonchev–Trinajstić information content (AvgIpc) is 3.77. The number of rotatable bonds is 9. The van der Waals surface area contributed by atoms with Crippen molar-refractivity contribution >= 4 is 19.3 Å². The Morgan fingerprint density at radius 1 is 1.08 bits per heavy atom. The van der Waals surface area contributed by atoms with Gasteiger partial charge in [-0.15, -0.1) is 0 Å². The molecular weight excluding hydrogens is 487 g/mol. The Morgan fingerprint density at radius 3 is 2.36 bits per heavy atom. The van der Waals surface area contributed by atoms with E-state index in [1.807, 2.05) is 9.34 Å². The van der Waals surface area contributed by atoms with Crippen LogP contribution < -0.4 is 4.74 Å². The zero-order valence-electron chi connectivity index (χ0n) is 20.0. The first-order valence-electron chi connectivity index (χ1n) is 12.1. The fourth-order valence-corrected chi connectivity index (χ4v) is 6.61. The summed E-state index contributed by atoms with van der Waals surface area (Å²) < 4.78 is 28.9. The number of nitrogens with zero attached hydrogens (tertiary/aromatic N) is 4. The molecule has 3 aliphatic rings. The average molecular weight is 516 g/mol. The van der Waals surface area contributed by atoms with Gasteiger partial charge in [0.25, 0.3) is 5.91 Å².